The number of ether oxygens (including phenoxy) is 1. The highest BCUT2D eigenvalue weighted by molar-refractivity contribution is 5.75. The maximum Gasteiger partial charge on any atom is 0.322 e. The largest absolute Gasteiger partial charge is 0.468 e. The molecule has 1 N–H and O–H groups in total. The zero-order chi connectivity index (χ0) is 10.3. The molecule has 0 radical (unpaired) electrons. The summed E-state index contributed by atoms with van der Waals surface area (Å²) < 4.78 is 4.62. The second-order valence-electron chi connectivity index (χ2n) is 3.45. The van der Waals surface area contributed by atoms with E-state index in [9.17, 15) is 4.79 Å². The van der Waals surface area contributed by atoms with Crippen molar-refractivity contribution in [3.8, 4) is 0 Å². The Bertz CT molecular complexity index is 148. The second kappa shape index (κ2) is 6.89. The highest BCUT2D eigenvalue weighted by Gasteiger charge is 2.14. The number of methoxy groups -OCH3 is 1. The summed E-state index contributed by atoms with van der Waals surface area (Å²) in [5.74, 6) is -0.191. The molecule has 0 aromatic heterocycles. The summed E-state index contributed by atoms with van der Waals surface area (Å²) in [6.45, 7) is 6.08. The van der Waals surface area contributed by atoms with E-state index in [2.05, 4.69) is 23.9 Å². The van der Waals surface area contributed by atoms with Crippen LogP contribution in [-0.2, 0) is 9.53 Å². The van der Waals surface area contributed by atoms with Crippen molar-refractivity contribution >= 4 is 5.97 Å². The Morgan fingerprint density at radius 1 is 1.46 bits per heavy atom. The average molecular weight is 187 g/mol. The first-order valence-electron chi connectivity index (χ1n) is 4.95. The number of unbranched alkanes of at least 4 members (excludes halogenated alkanes) is 1. The topological polar surface area (TPSA) is 38.3 Å². The first kappa shape index (κ1) is 12.4. The van der Waals surface area contributed by atoms with Crippen molar-refractivity contribution in [3.05, 3.63) is 0 Å². The van der Waals surface area contributed by atoms with Gasteiger partial charge in [-0.2, -0.15) is 0 Å². The van der Waals surface area contributed by atoms with Gasteiger partial charge in [0.1, 0.15) is 6.04 Å². The van der Waals surface area contributed by atoms with Crippen LogP contribution in [0.3, 0.4) is 0 Å². The molecule has 0 aliphatic carbocycles. The molecule has 0 aliphatic rings. The van der Waals surface area contributed by atoms with Crippen LogP contribution in [0.25, 0.3) is 0 Å². The van der Waals surface area contributed by atoms with E-state index in [1.165, 1.54) is 20.0 Å². The van der Waals surface area contributed by atoms with Gasteiger partial charge in [-0.1, -0.05) is 19.8 Å². The SMILES string of the molecule is CCCCC(C)NC(C)C(=O)OC. The molecule has 3 heteroatoms. The van der Waals surface area contributed by atoms with Crippen molar-refractivity contribution in [1.29, 1.82) is 0 Å². The summed E-state index contributed by atoms with van der Waals surface area (Å²) >= 11 is 0. The number of carbonyl (C=O) groups is 1. The lowest BCUT2D eigenvalue weighted by atomic mass is 10.1. The predicted octanol–water partition coefficient (Wildman–Crippen LogP) is 1.72. The Balaban J connectivity index is 3.64. The van der Waals surface area contributed by atoms with Crippen LogP contribution in [-0.4, -0.2) is 25.2 Å². The highest BCUT2D eigenvalue weighted by atomic mass is 16.5. The molecule has 0 rings (SSSR count). The van der Waals surface area contributed by atoms with Gasteiger partial charge < -0.3 is 10.1 Å². The fourth-order valence-electron chi connectivity index (χ4n) is 1.27. The van der Waals surface area contributed by atoms with Crippen LogP contribution in [0.1, 0.15) is 40.0 Å². The van der Waals surface area contributed by atoms with Gasteiger partial charge in [0.2, 0.25) is 0 Å². The van der Waals surface area contributed by atoms with Gasteiger partial charge in [-0.05, 0) is 20.3 Å². The molecule has 0 spiro atoms. The van der Waals surface area contributed by atoms with Crippen LogP contribution in [0.4, 0.5) is 0 Å². The predicted molar refractivity (Wildman–Crippen MR) is 53.6 cm³/mol. The zero-order valence-corrected chi connectivity index (χ0v) is 9.09. The lowest BCUT2D eigenvalue weighted by Crippen LogP contribution is -2.40. The van der Waals surface area contributed by atoms with Gasteiger partial charge in [-0.3, -0.25) is 4.79 Å². The summed E-state index contributed by atoms with van der Waals surface area (Å²) in [6.07, 6.45) is 3.50. The lowest BCUT2D eigenvalue weighted by Gasteiger charge is -2.17. The van der Waals surface area contributed by atoms with E-state index in [-0.39, 0.29) is 12.0 Å². The van der Waals surface area contributed by atoms with Crippen LogP contribution in [0.2, 0.25) is 0 Å². The van der Waals surface area contributed by atoms with Gasteiger partial charge in [0, 0.05) is 6.04 Å². The number of rotatable bonds is 6. The number of nitrogens with one attached hydrogen (secondary N) is 1. The molecule has 2 unspecified atom stereocenters. The molecule has 0 amide bonds. The molecule has 3 nitrogen and oxygen atoms in total. The van der Waals surface area contributed by atoms with Crippen molar-refractivity contribution in [2.24, 2.45) is 0 Å². The van der Waals surface area contributed by atoms with E-state index in [4.69, 9.17) is 0 Å². The van der Waals surface area contributed by atoms with E-state index in [1.807, 2.05) is 6.92 Å². The molecular weight excluding hydrogens is 166 g/mol. The van der Waals surface area contributed by atoms with Crippen molar-refractivity contribution in [2.75, 3.05) is 7.11 Å². The Morgan fingerprint density at radius 2 is 2.08 bits per heavy atom. The Hall–Kier alpha value is -0.570. The molecule has 78 valence electrons. The normalized spacial score (nSPS) is 15.1. The smallest absolute Gasteiger partial charge is 0.322 e. The second-order valence-corrected chi connectivity index (χ2v) is 3.45. The minimum atomic E-state index is -0.197. The number of hydrogen-bond acceptors (Lipinski definition) is 3. The molecule has 0 saturated carbocycles. The molecule has 2 atom stereocenters. The van der Waals surface area contributed by atoms with Crippen molar-refractivity contribution in [2.45, 2.75) is 52.1 Å². The van der Waals surface area contributed by atoms with Crippen LogP contribution in [0, 0.1) is 0 Å². The third-order valence-corrected chi connectivity index (χ3v) is 2.08. The fraction of sp³-hybridized carbons (Fsp3) is 0.900. The highest BCUT2D eigenvalue weighted by Crippen LogP contribution is 2.01. The van der Waals surface area contributed by atoms with Crippen LogP contribution < -0.4 is 5.32 Å². The first-order valence-corrected chi connectivity index (χ1v) is 4.95. The molecule has 0 aromatic rings. The van der Waals surface area contributed by atoms with Crippen molar-refractivity contribution in [3.63, 3.8) is 0 Å². The van der Waals surface area contributed by atoms with Crippen molar-refractivity contribution < 1.29 is 9.53 Å². The van der Waals surface area contributed by atoms with E-state index in [0.717, 1.165) is 6.42 Å². The summed E-state index contributed by atoms with van der Waals surface area (Å²) in [5, 5.41) is 3.19. The first-order chi connectivity index (χ1) is 6.11. The Kier molecular flexibility index (Phi) is 6.59. The molecule has 0 heterocycles. The van der Waals surface area contributed by atoms with Crippen LogP contribution in [0.15, 0.2) is 0 Å². The van der Waals surface area contributed by atoms with Crippen LogP contribution in [0.5, 0.6) is 0 Å². The molecule has 0 saturated heterocycles. The standard InChI is InChI=1S/C10H21NO2/c1-5-6-7-8(2)11-9(3)10(12)13-4/h8-9,11H,5-7H2,1-4H3. The minimum Gasteiger partial charge on any atom is -0.468 e. The lowest BCUT2D eigenvalue weighted by molar-refractivity contribution is -0.142. The maximum atomic E-state index is 11.0. The zero-order valence-electron chi connectivity index (χ0n) is 9.09. The maximum absolute atomic E-state index is 11.0. The van der Waals surface area contributed by atoms with Crippen molar-refractivity contribution in [1.82, 2.24) is 5.32 Å². The van der Waals surface area contributed by atoms with Gasteiger partial charge in [0.25, 0.3) is 0 Å². The van der Waals surface area contributed by atoms with Gasteiger partial charge in [0.05, 0.1) is 7.11 Å². The summed E-state index contributed by atoms with van der Waals surface area (Å²) in [5.41, 5.74) is 0. The quantitative estimate of drug-likeness (QED) is 0.643. The van der Waals surface area contributed by atoms with E-state index < -0.39 is 0 Å². The van der Waals surface area contributed by atoms with Gasteiger partial charge in [-0.15, -0.1) is 0 Å². The van der Waals surface area contributed by atoms with E-state index in [0.29, 0.717) is 6.04 Å². The summed E-state index contributed by atoms with van der Waals surface area (Å²) in [4.78, 5) is 11.0. The monoisotopic (exact) mass is 187 g/mol. The van der Waals surface area contributed by atoms with Gasteiger partial charge >= 0.3 is 5.97 Å². The molecule has 0 aromatic carbocycles. The molecular formula is C10H21NO2. The average Bonchev–Trinajstić information content (AvgIpc) is 2.13. The van der Waals surface area contributed by atoms with E-state index in [1.54, 1.807) is 0 Å². The summed E-state index contributed by atoms with van der Waals surface area (Å²) in [7, 11) is 1.41. The Morgan fingerprint density at radius 3 is 2.54 bits per heavy atom. The molecule has 0 aliphatic heterocycles. The number of carbonyl (C=O) groups excluding carboxylic acids is 1. The number of hydrogen-bond donors (Lipinski definition) is 1. The molecule has 0 fully saturated rings. The third-order valence-electron chi connectivity index (χ3n) is 2.08. The van der Waals surface area contributed by atoms with Gasteiger partial charge in [-0.25, -0.2) is 0 Å². The minimum absolute atomic E-state index is 0.191. The number of esters is 1. The van der Waals surface area contributed by atoms with E-state index >= 15 is 0 Å². The third kappa shape index (κ3) is 5.64. The van der Waals surface area contributed by atoms with Gasteiger partial charge in [0.15, 0.2) is 0 Å². The fourth-order valence-corrected chi connectivity index (χ4v) is 1.27. The molecule has 13 heavy (non-hydrogen) atoms. The Labute approximate surface area is 80.8 Å². The van der Waals surface area contributed by atoms with Crippen LogP contribution >= 0.6 is 0 Å². The molecule has 0 bridgehead atoms. The summed E-state index contributed by atoms with van der Waals surface area (Å²) in [6, 6.07) is 0.186.